The van der Waals surface area contributed by atoms with E-state index in [1.807, 2.05) is 78.9 Å². The molecule has 272 valence electrons. The van der Waals surface area contributed by atoms with Gasteiger partial charge in [-0.25, -0.2) is 0 Å². The van der Waals surface area contributed by atoms with Gasteiger partial charge in [-0.1, -0.05) is 93.1 Å². The highest BCUT2D eigenvalue weighted by atomic mass is 16.5. The molecule has 0 aliphatic carbocycles. The van der Waals surface area contributed by atoms with Crippen LogP contribution in [-0.4, -0.2) is 69.5 Å². The lowest BCUT2D eigenvalue weighted by Gasteiger charge is -2.36. The Kier molecular flexibility index (Phi) is 17.3. The zero-order valence-electron chi connectivity index (χ0n) is 30.0. The molecule has 2 atom stereocenters. The molecule has 0 saturated carbocycles. The molecule has 3 aromatic carbocycles. The minimum Gasteiger partial charge on any atom is -0.497 e. The summed E-state index contributed by atoms with van der Waals surface area (Å²) in [6.07, 6.45) is 7.38. The second-order valence-electron chi connectivity index (χ2n) is 12.3. The molecule has 3 aromatic rings. The van der Waals surface area contributed by atoms with E-state index >= 15 is 0 Å². The quantitative estimate of drug-likeness (QED) is 0.0621. The number of ether oxygens (including phenoxy) is 4. The van der Waals surface area contributed by atoms with Gasteiger partial charge in [0.2, 0.25) is 11.8 Å². The molecule has 0 aliphatic rings. The van der Waals surface area contributed by atoms with Crippen molar-refractivity contribution in [3.63, 3.8) is 0 Å². The van der Waals surface area contributed by atoms with E-state index in [0.717, 1.165) is 61.6 Å². The van der Waals surface area contributed by atoms with Crippen LogP contribution >= 0.6 is 0 Å². The lowest BCUT2D eigenvalue weighted by Crippen LogP contribution is -2.53. The Balaban J connectivity index is 1.57. The van der Waals surface area contributed by atoms with Gasteiger partial charge in [0.1, 0.15) is 23.1 Å². The van der Waals surface area contributed by atoms with Crippen molar-refractivity contribution in [1.82, 2.24) is 10.6 Å². The molecule has 10 nitrogen and oxygen atoms in total. The molecule has 50 heavy (non-hydrogen) atoms. The molecular formula is C40H54N2O8. The largest absolute Gasteiger partial charge is 0.497 e. The predicted molar refractivity (Wildman–Crippen MR) is 193 cm³/mol. The van der Waals surface area contributed by atoms with Crippen LogP contribution in [0.2, 0.25) is 0 Å². The molecular weight excluding hydrogens is 636 g/mol. The molecule has 0 bridgehead atoms. The van der Waals surface area contributed by atoms with Gasteiger partial charge in [0.05, 0.1) is 34.0 Å². The molecule has 0 spiro atoms. The van der Waals surface area contributed by atoms with Gasteiger partial charge in [-0.05, 0) is 60.7 Å². The van der Waals surface area contributed by atoms with Gasteiger partial charge in [0.15, 0.2) is 0 Å². The summed E-state index contributed by atoms with van der Waals surface area (Å²) in [5, 5.41) is 15.9. The molecule has 0 heterocycles. The minimum atomic E-state index is -1.09. The molecule has 0 saturated heterocycles. The monoisotopic (exact) mass is 690 g/mol. The maximum absolute atomic E-state index is 13.2. The lowest BCUT2D eigenvalue weighted by atomic mass is 9.80. The fourth-order valence-corrected chi connectivity index (χ4v) is 5.93. The standard InChI is InChI=1S/C40H54N2O8/c1-30(43)38(42-36(44)18-14-9-7-5-6-8-10-15-19-37(45)49-4)39(46)41-28-29-50-40(31-16-12-11-13-17-31,32-20-24-34(47-2)25-21-32)33-22-26-35(48-3)27-23-33/h11-13,16-17,20-27,30,38,43H,5-10,14-15,18-19,28-29H2,1-4H3,(H,41,46)(H,42,44). The second-order valence-corrected chi connectivity index (χ2v) is 12.3. The van der Waals surface area contributed by atoms with Crippen molar-refractivity contribution < 1.29 is 38.4 Å². The van der Waals surface area contributed by atoms with Crippen molar-refractivity contribution in [3.8, 4) is 11.5 Å². The van der Waals surface area contributed by atoms with Crippen molar-refractivity contribution in [2.24, 2.45) is 0 Å². The highest BCUT2D eigenvalue weighted by Crippen LogP contribution is 2.41. The normalized spacial score (nSPS) is 12.4. The van der Waals surface area contributed by atoms with Crippen molar-refractivity contribution >= 4 is 17.8 Å². The lowest BCUT2D eigenvalue weighted by molar-refractivity contribution is -0.140. The fraction of sp³-hybridized carbons (Fsp3) is 0.475. The third-order valence-corrected chi connectivity index (χ3v) is 8.74. The van der Waals surface area contributed by atoms with E-state index in [4.69, 9.17) is 14.2 Å². The summed E-state index contributed by atoms with van der Waals surface area (Å²) in [6, 6.07) is 24.2. The fourth-order valence-electron chi connectivity index (χ4n) is 5.93. The Morgan fingerprint density at radius 2 is 1.16 bits per heavy atom. The number of aliphatic hydroxyl groups is 1. The molecule has 0 radical (unpaired) electrons. The number of carbonyl (C=O) groups excluding carboxylic acids is 3. The molecule has 3 N–H and O–H groups in total. The van der Waals surface area contributed by atoms with Gasteiger partial charge in [-0.3, -0.25) is 14.4 Å². The smallest absolute Gasteiger partial charge is 0.305 e. The SMILES string of the molecule is COC(=O)CCCCCCCCCCC(=O)NC(C(=O)NCCOC(c1ccccc1)(c1ccc(OC)cc1)c1ccc(OC)cc1)C(C)O. The molecule has 10 heteroatoms. The highest BCUT2D eigenvalue weighted by molar-refractivity contribution is 5.88. The number of unbranched alkanes of at least 4 members (excludes halogenated alkanes) is 7. The van der Waals surface area contributed by atoms with Gasteiger partial charge in [-0.2, -0.15) is 0 Å². The first-order chi connectivity index (χ1) is 24.2. The van der Waals surface area contributed by atoms with Crippen LogP contribution in [0.4, 0.5) is 0 Å². The Labute approximate surface area is 296 Å². The van der Waals surface area contributed by atoms with Crippen LogP contribution in [0.5, 0.6) is 11.5 Å². The Morgan fingerprint density at radius 1 is 0.680 bits per heavy atom. The number of carbonyl (C=O) groups is 3. The predicted octanol–water partition coefficient (Wildman–Crippen LogP) is 6.07. The number of hydrogen-bond donors (Lipinski definition) is 3. The third kappa shape index (κ3) is 12.2. The van der Waals surface area contributed by atoms with Crippen LogP contribution < -0.4 is 20.1 Å². The summed E-state index contributed by atoms with van der Waals surface area (Å²) in [7, 11) is 4.65. The van der Waals surface area contributed by atoms with E-state index in [1.54, 1.807) is 14.2 Å². The van der Waals surface area contributed by atoms with Crippen molar-refractivity contribution in [2.75, 3.05) is 34.5 Å². The minimum absolute atomic E-state index is 0.129. The van der Waals surface area contributed by atoms with Crippen LogP contribution in [0.1, 0.15) is 87.8 Å². The zero-order chi connectivity index (χ0) is 36.2. The van der Waals surface area contributed by atoms with E-state index < -0.39 is 23.7 Å². The summed E-state index contributed by atoms with van der Waals surface area (Å²) in [5.41, 5.74) is 1.59. The average Bonchev–Trinajstić information content (AvgIpc) is 3.15. The summed E-state index contributed by atoms with van der Waals surface area (Å²) < 4.78 is 22.3. The number of nitrogens with one attached hydrogen (secondary N) is 2. The summed E-state index contributed by atoms with van der Waals surface area (Å²) in [5.74, 6) is 0.508. The third-order valence-electron chi connectivity index (χ3n) is 8.74. The van der Waals surface area contributed by atoms with E-state index in [9.17, 15) is 19.5 Å². The first kappa shape index (κ1) is 40.0. The number of benzene rings is 3. The average molecular weight is 691 g/mol. The zero-order valence-corrected chi connectivity index (χ0v) is 30.0. The molecule has 2 amide bonds. The van der Waals surface area contributed by atoms with Crippen molar-refractivity contribution in [2.45, 2.75) is 88.9 Å². The maximum Gasteiger partial charge on any atom is 0.305 e. The van der Waals surface area contributed by atoms with Crippen LogP contribution in [0.15, 0.2) is 78.9 Å². The highest BCUT2D eigenvalue weighted by Gasteiger charge is 2.38. The summed E-state index contributed by atoms with van der Waals surface area (Å²) in [4.78, 5) is 37.0. The summed E-state index contributed by atoms with van der Waals surface area (Å²) >= 11 is 0. The first-order valence-electron chi connectivity index (χ1n) is 17.6. The van der Waals surface area contributed by atoms with E-state index in [-0.39, 0.29) is 31.4 Å². The molecule has 2 unspecified atom stereocenters. The van der Waals surface area contributed by atoms with Crippen molar-refractivity contribution in [1.29, 1.82) is 0 Å². The van der Waals surface area contributed by atoms with E-state index in [0.29, 0.717) is 24.3 Å². The van der Waals surface area contributed by atoms with Crippen LogP contribution in [-0.2, 0) is 29.5 Å². The van der Waals surface area contributed by atoms with Gasteiger partial charge < -0.3 is 34.7 Å². The topological polar surface area (TPSA) is 132 Å². The van der Waals surface area contributed by atoms with Crippen molar-refractivity contribution in [3.05, 3.63) is 95.6 Å². The van der Waals surface area contributed by atoms with Crippen LogP contribution in [0.25, 0.3) is 0 Å². The molecule has 0 aromatic heterocycles. The number of hydrogen-bond acceptors (Lipinski definition) is 8. The van der Waals surface area contributed by atoms with Gasteiger partial charge >= 0.3 is 5.97 Å². The summed E-state index contributed by atoms with van der Waals surface area (Å²) in [6.45, 7) is 1.76. The van der Waals surface area contributed by atoms with E-state index in [2.05, 4.69) is 15.4 Å². The van der Waals surface area contributed by atoms with Crippen LogP contribution in [0, 0.1) is 0 Å². The number of amides is 2. The van der Waals surface area contributed by atoms with Gasteiger partial charge in [-0.15, -0.1) is 0 Å². The molecule has 3 rings (SSSR count). The number of esters is 1. The van der Waals surface area contributed by atoms with E-state index in [1.165, 1.54) is 14.0 Å². The molecule has 0 fully saturated rings. The number of methoxy groups -OCH3 is 3. The number of aliphatic hydroxyl groups excluding tert-OH is 1. The van der Waals surface area contributed by atoms with Gasteiger partial charge in [0.25, 0.3) is 0 Å². The number of rotatable bonds is 23. The van der Waals surface area contributed by atoms with Gasteiger partial charge in [0, 0.05) is 19.4 Å². The Hall–Kier alpha value is -4.41. The molecule has 0 aliphatic heterocycles. The Morgan fingerprint density at radius 3 is 1.64 bits per heavy atom. The van der Waals surface area contributed by atoms with Crippen LogP contribution in [0.3, 0.4) is 0 Å². The second kappa shape index (κ2) is 21.6. The first-order valence-corrected chi connectivity index (χ1v) is 17.6. The maximum atomic E-state index is 13.2. The Bertz CT molecular complexity index is 1380.